The number of aromatic nitrogens is 2. The number of likely N-dealkylation sites (tertiary alicyclic amines) is 1. The zero-order valence-electron chi connectivity index (χ0n) is 15.5. The smallest absolute Gasteiger partial charge is 0.274 e. The van der Waals surface area contributed by atoms with E-state index in [0.29, 0.717) is 17.8 Å². The third kappa shape index (κ3) is 3.35. The fraction of sp³-hybridized carbons (Fsp3) is 0.778. The zero-order chi connectivity index (χ0) is 17.3. The number of piperidine rings is 1. The maximum Gasteiger partial charge on any atom is 0.274 e. The Bertz CT molecular complexity index is 574. The minimum atomic E-state index is 0.113. The van der Waals surface area contributed by atoms with Gasteiger partial charge >= 0.3 is 0 Å². The van der Waals surface area contributed by atoms with Gasteiger partial charge in [-0.05, 0) is 46.7 Å². The predicted octanol–water partition coefficient (Wildman–Crippen LogP) is 1.73. The van der Waals surface area contributed by atoms with Crippen molar-refractivity contribution >= 4 is 5.91 Å². The minimum absolute atomic E-state index is 0.113. The molecule has 1 aromatic heterocycles. The third-order valence-corrected chi connectivity index (χ3v) is 5.86. The van der Waals surface area contributed by atoms with E-state index in [0.717, 1.165) is 63.1 Å². The first kappa shape index (κ1) is 17.4. The Kier molecular flexibility index (Phi) is 5.25. The summed E-state index contributed by atoms with van der Waals surface area (Å²) >= 11 is 0. The first-order valence-electron chi connectivity index (χ1n) is 9.27. The highest BCUT2D eigenvalue weighted by Crippen LogP contribution is 2.24. The number of nitrogens with one attached hydrogen (secondary N) is 1. The highest BCUT2D eigenvalue weighted by Gasteiger charge is 2.31. The molecule has 1 fully saturated rings. The van der Waals surface area contributed by atoms with E-state index in [1.807, 2.05) is 4.90 Å². The first-order chi connectivity index (χ1) is 11.5. The molecule has 3 heterocycles. The van der Waals surface area contributed by atoms with Crippen molar-refractivity contribution in [1.82, 2.24) is 24.9 Å². The summed E-state index contributed by atoms with van der Waals surface area (Å²) in [5.74, 6) is 0.113. The molecule has 3 rings (SSSR count). The third-order valence-electron chi connectivity index (χ3n) is 5.86. The van der Waals surface area contributed by atoms with Gasteiger partial charge in [-0.2, -0.15) is 5.10 Å². The molecule has 2 aliphatic rings. The van der Waals surface area contributed by atoms with Crippen molar-refractivity contribution in [2.75, 3.05) is 33.7 Å². The number of hydrogen-bond acceptors (Lipinski definition) is 4. The van der Waals surface area contributed by atoms with Crippen LogP contribution < -0.4 is 0 Å². The molecule has 0 radical (unpaired) electrons. The maximum atomic E-state index is 12.9. The number of hydrogen-bond donors (Lipinski definition) is 1. The summed E-state index contributed by atoms with van der Waals surface area (Å²) in [6, 6.07) is 1.16. The molecule has 1 aromatic rings. The van der Waals surface area contributed by atoms with Gasteiger partial charge in [-0.15, -0.1) is 0 Å². The van der Waals surface area contributed by atoms with E-state index in [2.05, 4.69) is 47.9 Å². The number of fused-ring (bicyclic) bond motifs is 1. The monoisotopic (exact) mass is 333 g/mol. The van der Waals surface area contributed by atoms with Gasteiger partial charge in [-0.3, -0.25) is 14.8 Å². The van der Waals surface area contributed by atoms with E-state index in [1.165, 1.54) is 0 Å². The molecular weight excluding hydrogens is 302 g/mol. The molecule has 1 amide bonds. The number of H-pyrrole nitrogens is 1. The van der Waals surface area contributed by atoms with Gasteiger partial charge in [0.15, 0.2) is 5.69 Å². The fourth-order valence-corrected chi connectivity index (χ4v) is 3.89. The summed E-state index contributed by atoms with van der Waals surface area (Å²) in [5.41, 5.74) is 2.94. The predicted molar refractivity (Wildman–Crippen MR) is 95.1 cm³/mol. The standard InChI is InChI=1S/C18H31N5O/c1-5-13(2)23-11-8-15-16(12-23)19-20-17(15)18(24)22-9-6-14(7-10-22)21(3)4/h13-14H,5-12H2,1-4H3,(H,19,20). The van der Waals surface area contributed by atoms with Crippen molar-refractivity contribution in [1.29, 1.82) is 0 Å². The number of carbonyl (C=O) groups is 1. The van der Waals surface area contributed by atoms with Crippen molar-refractivity contribution in [3.05, 3.63) is 17.0 Å². The van der Waals surface area contributed by atoms with Gasteiger partial charge in [0.05, 0.1) is 5.69 Å². The molecule has 6 nitrogen and oxygen atoms in total. The molecule has 1 atom stereocenters. The SMILES string of the molecule is CCC(C)N1CCc2c(C(=O)N3CCC(N(C)C)CC3)n[nH]c2C1. The second-order valence-corrected chi connectivity index (χ2v) is 7.49. The van der Waals surface area contributed by atoms with Gasteiger partial charge in [-0.1, -0.05) is 6.92 Å². The van der Waals surface area contributed by atoms with Gasteiger partial charge in [0.2, 0.25) is 0 Å². The largest absolute Gasteiger partial charge is 0.337 e. The van der Waals surface area contributed by atoms with E-state index >= 15 is 0 Å². The van der Waals surface area contributed by atoms with Crippen molar-refractivity contribution < 1.29 is 4.79 Å². The summed E-state index contributed by atoms with van der Waals surface area (Å²) in [6.07, 6.45) is 4.17. The van der Waals surface area contributed by atoms with Crippen LogP contribution in [0.25, 0.3) is 0 Å². The molecule has 1 N–H and O–H groups in total. The lowest BCUT2D eigenvalue weighted by Gasteiger charge is -2.35. The highest BCUT2D eigenvalue weighted by atomic mass is 16.2. The lowest BCUT2D eigenvalue weighted by atomic mass is 10.00. The molecule has 1 saturated heterocycles. The van der Waals surface area contributed by atoms with Crippen LogP contribution in [-0.4, -0.2) is 76.6 Å². The van der Waals surface area contributed by atoms with E-state index < -0.39 is 0 Å². The van der Waals surface area contributed by atoms with Crippen LogP contribution in [0.1, 0.15) is 54.9 Å². The molecule has 0 saturated carbocycles. The van der Waals surface area contributed by atoms with Crippen molar-refractivity contribution in [2.24, 2.45) is 0 Å². The van der Waals surface area contributed by atoms with Crippen LogP contribution in [0.15, 0.2) is 0 Å². The molecule has 2 aliphatic heterocycles. The van der Waals surface area contributed by atoms with E-state index in [9.17, 15) is 4.79 Å². The maximum absolute atomic E-state index is 12.9. The van der Waals surface area contributed by atoms with Crippen LogP contribution in [0.5, 0.6) is 0 Å². The molecule has 134 valence electrons. The molecule has 0 bridgehead atoms. The number of amides is 1. The highest BCUT2D eigenvalue weighted by molar-refractivity contribution is 5.94. The number of nitrogens with zero attached hydrogens (tertiary/aromatic N) is 4. The van der Waals surface area contributed by atoms with Gasteiger partial charge in [-0.25, -0.2) is 0 Å². The van der Waals surface area contributed by atoms with Crippen LogP contribution >= 0.6 is 0 Å². The number of rotatable bonds is 4. The fourth-order valence-electron chi connectivity index (χ4n) is 3.89. The molecule has 0 aromatic carbocycles. The number of aromatic amines is 1. The van der Waals surface area contributed by atoms with E-state index in [1.54, 1.807) is 0 Å². The topological polar surface area (TPSA) is 55.5 Å². The van der Waals surface area contributed by atoms with Crippen LogP contribution in [0.2, 0.25) is 0 Å². The molecule has 0 spiro atoms. The van der Waals surface area contributed by atoms with Crippen LogP contribution in [0.4, 0.5) is 0 Å². The lowest BCUT2D eigenvalue weighted by Crippen LogP contribution is -2.45. The number of carbonyl (C=O) groups excluding carboxylic acids is 1. The summed E-state index contributed by atoms with van der Waals surface area (Å²) in [4.78, 5) is 19.6. The van der Waals surface area contributed by atoms with Crippen LogP contribution in [0, 0.1) is 0 Å². The molecule has 0 aliphatic carbocycles. The second kappa shape index (κ2) is 7.23. The Hall–Kier alpha value is -1.40. The summed E-state index contributed by atoms with van der Waals surface area (Å²) in [6.45, 7) is 8.06. The van der Waals surface area contributed by atoms with Gasteiger partial charge in [0, 0.05) is 43.8 Å². The quantitative estimate of drug-likeness (QED) is 0.912. The van der Waals surface area contributed by atoms with Gasteiger partial charge in [0.25, 0.3) is 5.91 Å². The molecule has 6 heteroatoms. The Morgan fingerprint density at radius 1 is 1.33 bits per heavy atom. The first-order valence-corrected chi connectivity index (χ1v) is 9.27. The summed E-state index contributed by atoms with van der Waals surface area (Å²) in [5, 5.41) is 7.53. The van der Waals surface area contributed by atoms with Crippen LogP contribution in [-0.2, 0) is 13.0 Å². The van der Waals surface area contributed by atoms with E-state index in [4.69, 9.17) is 0 Å². The van der Waals surface area contributed by atoms with Crippen LogP contribution in [0.3, 0.4) is 0 Å². The molecular formula is C18H31N5O. The Labute approximate surface area is 145 Å². The summed E-state index contributed by atoms with van der Waals surface area (Å²) < 4.78 is 0. The molecule has 1 unspecified atom stereocenters. The van der Waals surface area contributed by atoms with E-state index in [-0.39, 0.29) is 5.91 Å². The van der Waals surface area contributed by atoms with Gasteiger partial charge in [0.1, 0.15) is 0 Å². The van der Waals surface area contributed by atoms with Crippen molar-refractivity contribution in [2.45, 2.75) is 58.2 Å². The van der Waals surface area contributed by atoms with Crippen molar-refractivity contribution in [3.8, 4) is 0 Å². The molecule has 24 heavy (non-hydrogen) atoms. The van der Waals surface area contributed by atoms with Gasteiger partial charge < -0.3 is 9.80 Å². The average Bonchev–Trinajstić information content (AvgIpc) is 3.03. The van der Waals surface area contributed by atoms with Crippen molar-refractivity contribution in [3.63, 3.8) is 0 Å². The Balaban J connectivity index is 1.67. The lowest BCUT2D eigenvalue weighted by molar-refractivity contribution is 0.0655. The zero-order valence-corrected chi connectivity index (χ0v) is 15.5. The summed E-state index contributed by atoms with van der Waals surface area (Å²) in [7, 11) is 4.24. The normalized spacial score (nSPS) is 21.1. The Morgan fingerprint density at radius 3 is 2.67 bits per heavy atom. The second-order valence-electron chi connectivity index (χ2n) is 7.49. The Morgan fingerprint density at radius 2 is 2.04 bits per heavy atom. The average molecular weight is 333 g/mol. The minimum Gasteiger partial charge on any atom is -0.337 e.